The predicted octanol–water partition coefficient (Wildman–Crippen LogP) is 4.55. The quantitative estimate of drug-likeness (QED) is 0.601. The molecule has 0 amide bonds. The van der Waals surface area contributed by atoms with Crippen LogP contribution in [0.3, 0.4) is 0 Å². The van der Waals surface area contributed by atoms with E-state index in [1.54, 1.807) is 0 Å². The monoisotopic (exact) mass is 219 g/mol. The van der Waals surface area contributed by atoms with Crippen LogP contribution in [0.4, 0.5) is 0 Å². The van der Waals surface area contributed by atoms with Gasteiger partial charge in [-0.25, -0.2) is 0 Å². The smallest absolute Gasteiger partial charge is 0.0624 e. The Hall–Kier alpha value is -0.770. The molecule has 3 unspecified atom stereocenters. The predicted molar refractivity (Wildman–Crippen MR) is 68.8 cm³/mol. The summed E-state index contributed by atoms with van der Waals surface area (Å²) in [5.41, 5.74) is 1.52. The third kappa shape index (κ3) is 3.37. The highest BCUT2D eigenvalue weighted by Crippen LogP contribution is 2.46. The van der Waals surface area contributed by atoms with Gasteiger partial charge in [-0.05, 0) is 49.9 Å². The third-order valence-electron chi connectivity index (χ3n) is 4.06. The lowest BCUT2D eigenvalue weighted by molar-refractivity contribution is 0.250. The summed E-state index contributed by atoms with van der Waals surface area (Å²) in [6.45, 7) is 9.05. The maximum Gasteiger partial charge on any atom is 0.0624 e. The van der Waals surface area contributed by atoms with Crippen molar-refractivity contribution in [2.75, 3.05) is 0 Å². The van der Waals surface area contributed by atoms with Crippen molar-refractivity contribution in [3.8, 4) is 6.07 Å². The molecular formula is C15H25N. The first-order chi connectivity index (χ1) is 7.61. The van der Waals surface area contributed by atoms with Gasteiger partial charge in [-0.2, -0.15) is 5.26 Å². The first-order valence-corrected chi connectivity index (χ1v) is 6.65. The van der Waals surface area contributed by atoms with Crippen LogP contribution < -0.4 is 0 Å². The van der Waals surface area contributed by atoms with Crippen LogP contribution in [0.1, 0.15) is 53.4 Å². The summed E-state index contributed by atoms with van der Waals surface area (Å²) < 4.78 is 0. The number of nitriles is 1. The van der Waals surface area contributed by atoms with Crippen LogP contribution in [-0.4, -0.2) is 0 Å². The van der Waals surface area contributed by atoms with Gasteiger partial charge in [0.2, 0.25) is 0 Å². The van der Waals surface area contributed by atoms with Crippen molar-refractivity contribution in [3.05, 3.63) is 11.6 Å². The van der Waals surface area contributed by atoms with Crippen LogP contribution in [0, 0.1) is 35.0 Å². The molecule has 1 fully saturated rings. The zero-order valence-corrected chi connectivity index (χ0v) is 11.2. The standard InChI is InChI=1S/C15H25N/c1-5-6-11(2)13(4)15(14-7-8-14)12(3)9-10-16/h6,12-15H,5,7-9H2,1-4H3/b11-6+. The molecular weight excluding hydrogens is 194 g/mol. The van der Waals surface area contributed by atoms with E-state index in [2.05, 4.69) is 39.8 Å². The Morgan fingerprint density at radius 3 is 2.50 bits per heavy atom. The van der Waals surface area contributed by atoms with Crippen molar-refractivity contribution < 1.29 is 0 Å². The average molecular weight is 219 g/mol. The molecule has 0 N–H and O–H groups in total. The van der Waals surface area contributed by atoms with Crippen molar-refractivity contribution in [3.63, 3.8) is 0 Å². The van der Waals surface area contributed by atoms with Gasteiger partial charge >= 0.3 is 0 Å². The van der Waals surface area contributed by atoms with Crippen LogP contribution in [-0.2, 0) is 0 Å². The first-order valence-electron chi connectivity index (χ1n) is 6.65. The van der Waals surface area contributed by atoms with Crippen molar-refractivity contribution in [2.24, 2.45) is 23.7 Å². The van der Waals surface area contributed by atoms with Gasteiger partial charge in [0.05, 0.1) is 6.07 Å². The molecule has 1 nitrogen and oxygen atoms in total. The molecule has 90 valence electrons. The SMILES string of the molecule is CC/C=C(\C)C(C)C(C(C)CC#N)C1CC1. The maximum absolute atomic E-state index is 8.85. The number of hydrogen-bond donors (Lipinski definition) is 0. The van der Waals surface area contributed by atoms with E-state index in [9.17, 15) is 0 Å². The van der Waals surface area contributed by atoms with Gasteiger partial charge in [-0.1, -0.05) is 32.4 Å². The molecule has 0 aromatic rings. The topological polar surface area (TPSA) is 23.8 Å². The fourth-order valence-corrected chi connectivity index (χ4v) is 2.94. The summed E-state index contributed by atoms with van der Waals surface area (Å²) in [6.07, 6.45) is 6.94. The minimum atomic E-state index is 0.549. The van der Waals surface area contributed by atoms with Gasteiger partial charge in [0, 0.05) is 6.42 Å². The number of nitrogens with zero attached hydrogens (tertiary/aromatic N) is 1. The molecule has 1 aliphatic carbocycles. The zero-order chi connectivity index (χ0) is 12.1. The number of rotatable bonds is 6. The molecule has 0 bridgehead atoms. The van der Waals surface area contributed by atoms with E-state index in [4.69, 9.17) is 5.26 Å². The maximum atomic E-state index is 8.85. The highest BCUT2D eigenvalue weighted by Gasteiger charge is 2.38. The summed E-state index contributed by atoms with van der Waals surface area (Å²) in [6, 6.07) is 2.34. The Kier molecular flexibility index (Phi) is 5.06. The molecule has 0 aromatic carbocycles. The van der Waals surface area contributed by atoms with Crippen LogP contribution in [0.5, 0.6) is 0 Å². The van der Waals surface area contributed by atoms with Crippen LogP contribution in [0.2, 0.25) is 0 Å². The zero-order valence-electron chi connectivity index (χ0n) is 11.2. The first kappa shape index (κ1) is 13.3. The minimum Gasteiger partial charge on any atom is -0.198 e. The van der Waals surface area contributed by atoms with Gasteiger partial charge in [-0.3, -0.25) is 0 Å². The molecule has 0 aromatic heterocycles. The summed E-state index contributed by atoms with van der Waals surface area (Å²) >= 11 is 0. The van der Waals surface area contributed by atoms with Crippen molar-refractivity contribution in [1.29, 1.82) is 5.26 Å². The Morgan fingerprint density at radius 2 is 2.06 bits per heavy atom. The lowest BCUT2D eigenvalue weighted by Gasteiger charge is -2.29. The summed E-state index contributed by atoms with van der Waals surface area (Å²) in [5, 5.41) is 8.85. The summed E-state index contributed by atoms with van der Waals surface area (Å²) in [7, 11) is 0. The van der Waals surface area contributed by atoms with Crippen LogP contribution in [0.25, 0.3) is 0 Å². The summed E-state index contributed by atoms with van der Waals surface area (Å²) in [5.74, 6) is 2.81. The summed E-state index contributed by atoms with van der Waals surface area (Å²) in [4.78, 5) is 0. The fraction of sp³-hybridized carbons (Fsp3) is 0.800. The Morgan fingerprint density at radius 1 is 1.44 bits per heavy atom. The molecule has 1 saturated carbocycles. The van der Waals surface area contributed by atoms with E-state index in [1.807, 2.05) is 0 Å². The van der Waals surface area contributed by atoms with Crippen molar-refractivity contribution in [2.45, 2.75) is 53.4 Å². The normalized spacial score (nSPS) is 22.3. The molecule has 1 heteroatoms. The highest BCUT2D eigenvalue weighted by atomic mass is 14.4. The average Bonchev–Trinajstić information content (AvgIpc) is 3.03. The highest BCUT2D eigenvalue weighted by molar-refractivity contribution is 5.07. The molecule has 0 spiro atoms. The van der Waals surface area contributed by atoms with E-state index >= 15 is 0 Å². The largest absolute Gasteiger partial charge is 0.198 e. The van der Waals surface area contributed by atoms with Gasteiger partial charge in [0.15, 0.2) is 0 Å². The molecule has 0 saturated heterocycles. The molecule has 1 rings (SSSR count). The van der Waals surface area contributed by atoms with Gasteiger partial charge < -0.3 is 0 Å². The van der Waals surface area contributed by atoms with E-state index in [-0.39, 0.29) is 0 Å². The van der Waals surface area contributed by atoms with Crippen molar-refractivity contribution >= 4 is 0 Å². The molecule has 3 atom stereocenters. The minimum absolute atomic E-state index is 0.549. The Balaban J connectivity index is 2.69. The molecule has 0 radical (unpaired) electrons. The van der Waals surface area contributed by atoms with Crippen LogP contribution >= 0.6 is 0 Å². The Labute approximate surface area is 101 Å². The molecule has 0 aliphatic heterocycles. The third-order valence-corrected chi connectivity index (χ3v) is 4.06. The van der Waals surface area contributed by atoms with Gasteiger partial charge in [0.25, 0.3) is 0 Å². The van der Waals surface area contributed by atoms with Crippen LogP contribution in [0.15, 0.2) is 11.6 Å². The Bertz CT molecular complexity index is 280. The lowest BCUT2D eigenvalue weighted by Crippen LogP contribution is -2.22. The van der Waals surface area contributed by atoms with E-state index in [0.29, 0.717) is 18.3 Å². The number of hydrogen-bond acceptors (Lipinski definition) is 1. The van der Waals surface area contributed by atoms with Gasteiger partial charge in [0.1, 0.15) is 0 Å². The van der Waals surface area contributed by atoms with Gasteiger partial charge in [-0.15, -0.1) is 0 Å². The molecule has 1 aliphatic rings. The second-order valence-electron chi connectivity index (χ2n) is 5.40. The molecule has 0 heterocycles. The van der Waals surface area contributed by atoms with E-state index in [1.165, 1.54) is 18.4 Å². The molecule has 16 heavy (non-hydrogen) atoms. The lowest BCUT2D eigenvalue weighted by atomic mass is 9.75. The van der Waals surface area contributed by atoms with E-state index < -0.39 is 0 Å². The fourth-order valence-electron chi connectivity index (χ4n) is 2.94. The second kappa shape index (κ2) is 6.09. The number of allylic oxidation sites excluding steroid dienone is 2. The van der Waals surface area contributed by atoms with E-state index in [0.717, 1.165) is 18.3 Å². The van der Waals surface area contributed by atoms with Crippen molar-refractivity contribution in [1.82, 2.24) is 0 Å². The second-order valence-corrected chi connectivity index (χ2v) is 5.40.